The maximum atomic E-state index is 16.0. The van der Waals surface area contributed by atoms with Crippen LogP contribution in [0.2, 0.25) is 0 Å². The fourth-order valence-electron chi connectivity index (χ4n) is 5.05. The Balaban J connectivity index is 1.73. The first-order valence-electron chi connectivity index (χ1n) is 15.7. The van der Waals surface area contributed by atoms with Crippen molar-refractivity contribution in [2.45, 2.75) is 71.8 Å². The van der Waals surface area contributed by atoms with Gasteiger partial charge in [-0.3, -0.25) is 0 Å². The number of anilines is 1. The summed E-state index contributed by atoms with van der Waals surface area (Å²) in [5.41, 5.74) is 0.227. The molecule has 0 saturated heterocycles. The third-order valence-electron chi connectivity index (χ3n) is 7.61. The van der Waals surface area contributed by atoms with Gasteiger partial charge in [0.1, 0.15) is 0 Å². The summed E-state index contributed by atoms with van der Waals surface area (Å²) in [5, 5.41) is -5.77. The maximum Gasteiger partial charge on any atom is 0.432 e. The van der Waals surface area contributed by atoms with Crippen LogP contribution < -0.4 is 4.90 Å². The zero-order valence-corrected chi connectivity index (χ0v) is 28.6. The molecule has 0 heterocycles. The summed E-state index contributed by atoms with van der Waals surface area (Å²) in [4.78, 5) is 15.4. The highest BCUT2D eigenvalue weighted by molar-refractivity contribution is 8.33. The standard InChI is InChI=1S/C36H38F5NO5S2/c1-3-5-26-42(27-6-4-2)29-24-22-28(23-25-29)33(43)46-34(35(37,38)39)36(40,41)49(44,45)47-48(30-16-10-7-11-17-30,31-18-12-8-13-19-31)32-20-14-9-15-21-32/h7-25,34H,3-6,26-27H2,1-2H3. The SMILES string of the molecule is CCCCN(CCCC)c1ccc(C(=O)OC(C(F)(F)F)C(F)(F)S(=O)(=O)OS(c2ccccc2)(c2ccccc2)c2ccccc2)cc1. The normalized spacial score (nSPS) is 13.4. The summed E-state index contributed by atoms with van der Waals surface area (Å²) in [6, 6.07) is 27.9. The molecule has 0 amide bonds. The minimum Gasteiger partial charge on any atom is -0.441 e. The van der Waals surface area contributed by atoms with Crippen LogP contribution in [0.25, 0.3) is 0 Å². The number of nitrogens with zero attached hydrogens (tertiary/aromatic N) is 1. The number of carbonyl (C=O) groups is 1. The zero-order valence-electron chi connectivity index (χ0n) is 27.0. The molecule has 6 nitrogen and oxygen atoms in total. The number of unbranched alkanes of at least 4 members (excludes halogenated alkanes) is 2. The molecule has 0 radical (unpaired) electrons. The average Bonchev–Trinajstić information content (AvgIpc) is 3.10. The fourth-order valence-corrected chi connectivity index (χ4v) is 10.3. The van der Waals surface area contributed by atoms with Gasteiger partial charge in [-0.15, -0.1) is 0 Å². The minimum atomic E-state index is -6.51. The van der Waals surface area contributed by atoms with Crippen molar-refractivity contribution < 1.29 is 43.5 Å². The van der Waals surface area contributed by atoms with Gasteiger partial charge >= 0.3 is 27.5 Å². The van der Waals surface area contributed by atoms with Crippen molar-refractivity contribution in [3.63, 3.8) is 0 Å². The highest BCUT2D eigenvalue weighted by Gasteiger charge is 2.68. The molecule has 0 spiro atoms. The fraction of sp³-hybridized carbons (Fsp3) is 0.306. The van der Waals surface area contributed by atoms with Crippen molar-refractivity contribution in [3.8, 4) is 0 Å². The number of rotatable bonds is 16. The monoisotopic (exact) mass is 723 g/mol. The van der Waals surface area contributed by atoms with Crippen LogP contribution in [0, 0.1) is 0 Å². The van der Waals surface area contributed by atoms with Gasteiger partial charge < -0.3 is 9.64 Å². The smallest absolute Gasteiger partial charge is 0.432 e. The van der Waals surface area contributed by atoms with Crippen molar-refractivity contribution in [2.75, 3.05) is 18.0 Å². The van der Waals surface area contributed by atoms with E-state index in [9.17, 15) is 26.4 Å². The molecule has 0 N–H and O–H groups in total. The molecule has 1 unspecified atom stereocenters. The summed E-state index contributed by atoms with van der Waals surface area (Å²) in [6.07, 6.45) is -6.77. The summed E-state index contributed by atoms with van der Waals surface area (Å²) in [6.45, 7) is 5.47. The molecular formula is C36H38F5NO5S2. The van der Waals surface area contributed by atoms with Crippen LogP contribution in [0.4, 0.5) is 27.6 Å². The first-order chi connectivity index (χ1) is 23.3. The van der Waals surface area contributed by atoms with E-state index in [0.717, 1.165) is 37.8 Å². The molecule has 0 fully saturated rings. The number of ether oxygens (including phenoxy) is 1. The number of carbonyl (C=O) groups excluding carboxylic acids is 1. The van der Waals surface area contributed by atoms with Gasteiger partial charge in [0.05, 0.1) is 5.56 Å². The van der Waals surface area contributed by atoms with Crippen molar-refractivity contribution in [3.05, 3.63) is 121 Å². The predicted octanol–water partition coefficient (Wildman–Crippen LogP) is 10.0. The average molecular weight is 724 g/mol. The second kappa shape index (κ2) is 16.2. The number of esters is 1. The summed E-state index contributed by atoms with van der Waals surface area (Å²) >= 11 is 0. The van der Waals surface area contributed by atoms with Gasteiger partial charge in [0.15, 0.2) is 0 Å². The molecule has 4 aromatic rings. The lowest BCUT2D eigenvalue weighted by molar-refractivity contribution is -0.247. The quantitative estimate of drug-likeness (QED) is 0.0847. The summed E-state index contributed by atoms with van der Waals surface area (Å²) in [7, 11) is -10.1. The van der Waals surface area contributed by atoms with Crippen molar-refractivity contribution >= 4 is 32.1 Å². The van der Waals surface area contributed by atoms with Gasteiger partial charge in [0.2, 0.25) is 0 Å². The molecule has 0 aliphatic rings. The topological polar surface area (TPSA) is 72.9 Å². The van der Waals surface area contributed by atoms with Crippen LogP contribution in [-0.2, 0) is 18.5 Å². The van der Waals surface area contributed by atoms with Gasteiger partial charge in [-0.1, -0.05) is 81.3 Å². The molecule has 49 heavy (non-hydrogen) atoms. The van der Waals surface area contributed by atoms with E-state index in [-0.39, 0.29) is 14.7 Å². The van der Waals surface area contributed by atoms with E-state index in [1.54, 1.807) is 18.2 Å². The minimum absolute atomic E-state index is 0.124. The Labute approximate surface area is 285 Å². The lowest BCUT2D eigenvalue weighted by Gasteiger charge is -2.40. The summed E-state index contributed by atoms with van der Waals surface area (Å²) in [5.74, 6) is -1.77. The Morgan fingerprint density at radius 3 is 1.45 bits per heavy atom. The van der Waals surface area contributed by atoms with Gasteiger partial charge in [0.25, 0.3) is 6.10 Å². The Bertz CT molecular complexity index is 1640. The van der Waals surface area contributed by atoms with E-state index < -0.39 is 49.5 Å². The highest BCUT2D eigenvalue weighted by Crippen LogP contribution is 2.70. The van der Waals surface area contributed by atoms with Crippen LogP contribution in [0.15, 0.2) is 130 Å². The van der Waals surface area contributed by atoms with Crippen LogP contribution in [0.1, 0.15) is 49.9 Å². The molecule has 0 aromatic heterocycles. The predicted molar refractivity (Wildman–Crippen MR) is 180 cm³/mol. The molecule has 264 valence electrons. The van der Waals surface area contributed by atoms with E-state index in [2.05, 4.69) is 9.64 Å². The molecule has 0 aliphatic heterocycles. The number of halogens is 5. The Hall–Kier alpha value is -3.94. The first kappa shape index (κ1) is 37.9. The first-order valence-corrected chi connectivity index (χ1v) is 18.7. The van der Waals surface area contributed by atoms with E-state index in [0.29, 0.717) is 18.8 Å². The zero-order chi connectivity index (χ0) is 35.7. The van der Waals surface area contributed by atoms with Gasteiger partial charge in [-0.2, -0.15) is 30.4 Å². The molecular weight excluding hydrogens is 686 g/mol. The third-order valence-corrected chi connectivity index (χ3v) is 12.8. The van der Waals surface area contributed by atoms with Gasteiger partial charge in [-0.25, -0.2) is 8.42 Å². The van der Waals surface area contributed by atoms with Crippen molar-refractivity contribution in [2.24, 2.45) is 0 Å². The molecule has 0 saturated carbocycles. The molecule has 4 rings (SSSR count). The number of alkyl halides is 5. The largest absolute Gasteiger partial charge is 0.441 e. The Kier molecular flexibility index (Phi) is 12.5. The lowest BCUT2D eigenvalue weighted by Crippen LogP contribution is -2.52. The van der Waals surface area contributed by atoms with Crippen LogP contribution in [0.3, 0.4) is 0 Å². The van der Waals surface area contributed by atoms with E-state index >= 15 is 8.78 Å². The van der Waals surface area contributed by atoms with Gasteiger partial charge in [0, 0.05) is 33.5 Å². The Morgan fingerprint density at radius 2 is 1.08 bits per heavy atom. The van der Waals surface area contributed by atoms with Crippen LogP contribution >= 0.6 is 10.3 Å². The molecule has 0 aliphatic carbocycles. The number of hydrogen-bond donors (Lipinski definition) is 0. The molecule has 0 bridgehead atoms. The molecule has 13 heteroatoms. The maximum absolute atomic E-state index is 16.0. The highest BCUT2D eigenvalue weighted by atomic mass is 32.3. The van der Waals surface area contributed by atoms with Crippen LogP contribution in [0.5, 0.6) is 0 Å². The number of benzene rings is 4. The van der Waals surface area contributed by atoms with E-state index in [1.165, 1.54) is 84.9 Å². The van der Waals surface area contributed by atoms with E-state index in [4.69, 9.17) is 3.63 Å². The van der Waals surface area contributed by atoms with Crippen molar-refractivity contribution in [1.29, 1.82) is 0 Å². The second-order valence-corrected chi connectivity index (χ2v) is 15.7. The second-order valence-electron chi connectivity index (χ2n) is 11.1. The van der Waals surface area contributed by atoms with E-state index in [1.807, 2.05) is 13.8 Å². The third kappa shape index (κ3) is 8.63. The lowest BCUT2D eigenvalue weighted by atomic mass is 10.1. The number of hydrogen-bond acceptors (Lipinski definition) is 6. The van der Waals surface area contributed by atoms with Crippen LogP contribution in [-0.4, -0.2) is 45.0 Å². The summed E-state index contributed by atoms with van der Waals surface area (Å²) < 4.78 is 112. The Morgan fingerprint density at radius 1 is 0.673 bits per heavy atom. The molecule has 4 aromatic carbocycles. The van der Waals surface area contributed by atoms with Gasteiger partial charge in [-0.05, 0) is 83.8 Å². The molecule has 1 atom stereocenters. The van der Waals surface area contributed by atoms with Crippen molar-refractivity contribution in [1.82, 2.24) is 0 Å².